The molecular weight excluding hydrogens is 302 g/mol. The van der Waals surface area contributed by atoms with E-state index in [1.54, 1.807) is 41.3 Å². The Morgan fingerprint density at radius 3 is 2.59 bits per heavy atom. The quantitative estimate of drug-likeness (QED) is 0.799. The molecule has 0 saturated carbocycles. The Bertz CT molecular complexity index is 740. The van der Waals surface area contributed by atoms with Crippen LogP contribution in [0.5, 0.6) is 0 Å². The van der Waals surface area contributed by atoms with Crippen LogP contribution in [0.25, 0.3) is 0 Å². The van der Waals surface area contributed by atoms with Crippen molar-refractivity contribution in [2.75, 3.05) is 18.6 Å². The molecule has 0 radical (unpaired) electrons. The number of hydrogen-bond acceptors (Lipinski definition) is 3. The standard InChI is InChI=1S/C17H14ClNO3/c1-22-17(21)12-3-6-14(7-4-12)19-9-8-11-2-5-13(18)10-15(11)16(19)20/h2-7,10H,8-9H2,1H3. The topological polar surface area (TPSA) is 46.6 Å². The minimum atomic E-state index is -0.395. The number of anilines is 1. The highest BCUT2D eigenvalue weighted by atomic mass is 35.5. The summed E-state index contributed by atoms with van der Waals surface area (Å²) in [5.41, 5.74) is 2.86. The summed E-state index contributed by atoms with van der Waals surface area (Å²) in [6.07, 6.45) is 0.775. The number of esters is 1. The van der Waals surface area contributed by atoms with Gasteiger partial charge in [0, 0.05) is 22.8 Å². The molecule has 1 aliphatic rings. The van der Waals surface area contributed by atoms with E-state index in [2.05, 4.69) is 4.74 Å². The van der Waals surface area contributed by atoms with Gasteiger partial charge in [-0.25, -0.2) is 4.79 Å². The number of rotatable bonds is 2. The Kier molecular flexibility index (Phi) is 3.86. The molecule has 0 fully saturated rings. The number of halogens is 1. The van der Waals surface area contributed by atoms with Crippen LogP contribution in [0.2, 0.25) is 5.02 Å². The Balaban J connectivity index is 1.90. The predicted octanol–water partition coefficient (Wildman–Crippen LogP) is 3.33. The molecule has 5 heteroatoms. The van der Waals surface area contributed by atoms with E-state index in [0.29, 0.717) is 22.7 Å². The van der Waals surface area contributed by atoms with Gasteiger partial charge in [0.25, 0.3) is 5.91 Å². The first-order chi connectivity index (χ1) is 10.6. The van der Waals surface area contributed by atoms with E-state index >= 15 is 0 Å². The smallest absolute Gasteiger partial charge is 0.337 e. The zero-order chi connectivity index (χ0) is 15.7. The number of carbonyl (C=O) groups is 2. The van der Waals surface area contributed by atoms with Crippen LogP contribution in [0.1, 0.15) is 26.3 Å². The number of ether oxygens (including phenoxy) is 1. The molecule has 1 heterocycles. The lowest BCUT2D eigenvalue weighted by molar-refractivity contribution is 0.0600. The molecule has 2 aromatic carbocycles. The van der Waals surface area contributed by atoms with Crippen molar-refractivity contribution >= 4 is 29.2 Å². The summed E-state index contributed by atoms with van der Waals surface area (Å²) in [6.45, 7) is 0.602. The van der Waals surface area contributed by atoms with E-state index in [1.165, 1.54) is 7.11 Å². The van der Waals surface area contributed by atoms with Crippen molar-refractivity contribution in [3.8, 4) is 0 Å². The zero-order valence-corrected chi connectivity index (χ0v) is 12.8. The van der Waals surface area contributed by atoms with Crippen molar-refractivity contribution in [3.05, 3.63) is 64.2 Å². The van der Waals surface area contributed by atoms with Crippen LogP contribution in [0, 0.1) is 0 Å². The van der Waals surface area contributed by atoms with Crippen molar-refractivity contribution in [1.82, 2.24) is 0 Å². The van der Waals surface area contributed by atoms with Gasteiger partial charge in [-0.1, -0.05) is 17.7 Å². The molecule has 0 bridgehead atoms. The first kappa shape index (κ1) is 14.6. The summed E-state index contributed by atoms with van der Waals surface area (Å²) in [4.78, 5) is 25.8. The van der Waals surface area contributed by atoms with Gasteiger partial charge in [0.2, 0.25) is 0 Å². The van der Waals surface area contributed by atoms with Crippen molar-refractivity contribution in [2.24, 2.45) is 0 Å². The number of fused-ring (bicyclic) bond motifs is 1. The maximum absolute atomic E-state index is 12.6. The van der Waals surface area contributed by atoms with Crippen molar-refractivity contribution in [2.45, 2.75) is 6.42 Å². The number of methoxy groups -OCH3 is 1. The van der Waals surface area contributed by atoms with Gasteiger partial charge in [-0.15, -0.1) is 0 Å². The zero-order valence-electron chi connectivity index (χ0n) is 12.0. The Morgan fingerprint density at radius 1 is 1.18 bits per heavy atom. The van der Waals surface area contributed by atoms with Crippen LogP contribution in [0.4, 0.5) is 5.69 Å². The van der Waals surface area contributed by atoms with Gasteiger partial charge in [-0.3, -0.25) is 4.79 Å². The molecule has 0 aliphatic carbocycles. The molecule has 0 atom stereocenters. The molecule has 0 unspecified atom stereocenters. The van der Waals surface area contributed by atoms with Crippen molar-refractivity contribution in [3.63, 3.8) is 0 Å². The van der Waals surface area contributed by atoms with E-state index in [4.69, 9.17) is 11.6 Å². The number of nitrogens with zero attached hydrogens (tertiary/aromatic N) is 1. The maximum Gasteiger partial charge on any atom is 0.337 e. The minimum Gasteiger partial charge on any atom is -0.465 e. The van der Waals surface area contributed by atoms with Crippen LogP contribution in [-0.2, 0) is 11.2 Å². The average Bonchev–Trinajstić information content (AvgIpc) is 2.55. The molecule has 2 aromatic rings. The average molecular weight is 316 g/mol. The first-order valence-corrected chi connectivity index (χ1v) is 7.26. The molecule has 0 saturated heterocycles. The monoisotopic (exact) mass is 315 g/mol. The molecule has 1 amide bonds. The summed E-state index contributed by atoms with van der Waals surface area (Å²) < 4.78 is 4.67. The Hall–Kier alpha value is -2.33. The summed E-state index contributed by atoms with van der Waals surface area (Å²) >= 11 is 5.99. The third-order valence-corrected chi connectivity index (χ3v) is 3.99. The lowest BCUT2D eigenvalue weighted by atomic mass is 9.98. The number of hydrogen-bond donors (Lipinski definition) is 0. The summed E-state index contributed by atoms with van der Waals surface area (Å²) in [7, 11) is 1.34. The Labute approximate surface area is 133 Å². The highest BCUT2D eigenvalue weighted by Crippen LogP contribution is 2.27. The lowest BCUT2D eigenvalue weighted by Crippen LogP contribution is -2.37. The fourth-order valence-electron chi connectivity index (χ4n) is 2.59. The van der Waals surface area contributed by atoms with E-state index in [0.717, 1.165) is 17.7 Å². The van der Waals surface area contributed by atoms with E-state index in [-0.39, 0.29) is 5.91 Å². The lowest BCUT2D eigenvalue weighted by Gasteiger charge is -2.28. The van der Waals surface area contributed by atoms with E-state index < -0.39 is 5.97 Å². The van der Waals surface area contributed by atoms with Crippen molar-refractivity contribution in [1.29, 1.82) is 0 Å². The fourth-order valence-corrected chi connectivity index (χ4v) is 2.76. The second-order valence-electron chi connectivity index (χ2n) is 5.05. The van der Waals surface area contributed by atoms with E-state index in [1.807, 2.05) is 6.07 Å². The second-order valence-corrected chi connectivity index (χ2v) is 5.48. The molecule has 1 aliphatic heterocycles. The Morgan fingerprint density at radius 2 is 1.91 bits per heavy atom. The van der Waals surface area contributed by atoms with Gasteiger partial charge in [0.05, 0.1) is 12.7 Å². The third-order valence-electron chi connectivity index (χ3n) is 3.75. The SMILES string of the molecule is COC(=O)c1ccc(N2CCc3ccc(Cl)cc3C2=O)cc1. The van der Waals surface area contributed by atoms with Crippen LogP contribution < -0.4 is 4.90 Å². The number of carbonyl (C=O) groups excluding carboxylic acids is 2. The van der Waals surface area contributed by atoms with Gasteiger partial charge < -0.3 is 9.64 Å². The third kappa shape index (κ3) is 2.57. The van der Waals surface area contributed by atoms with E-state index in [9.17, 15) is 9.59 Å². The molecule has 22 heavy (non-hydrogen) atoms. The largest absolute Gasteiger partial charge is 0.465 e. The molecule has 4 nitrogen and oxygen atoms in total. The molecule has 112 valence electrons. The normalized spacial score (nSPS) is 13.7. The fraction of sp³-hybridized carbons (Fsp3) is 0.176. The van der Waals surface area contributed by atoms with Crippen molar-refractivity contribution < 1.29 is 14.3 Å². The van der Waals surface area contributed by atoms with Gasteiger partial charge >= 0.3 is 5.97 Å². The molecule has 3 rings (SSSR count). The molecular formula is C17H14ClNO3. The predicted molar refractivity (Wildman–Crippen MR) is 84.6 cm³/mol. The molecule has 0 aromatic heterocycles. The van der Waals surface area contributed by atoms with Gasteiger partial charge in [0.15, 0.2) is 0 Å². The minimum absolute atomic E-state index is 0.0745. The van der Waals surface area contributed by atoms with Gasteiger partial charge in [0.1, 0.15) is 0 Å². The highest BCUT2D eigenvalue weighted by Gasteiger charge is 2.25. The summed E-state index contributed by atoms with van der Waals surface area (Å²) in [5, 5.41) is 0.551. The highest BCUT2D eigenvalue weighted by molar-refractivity contribution is 6.31. The molecule has 0 N–H and O–H groups in total. The van der Waals surface area contributed by atoms with Crippen LogP contribution >= 0.6 is 11.6 Å². The van der Waals surface area contributed by atoms with Gasteiger partial charge in [-0.05, 0) is 48.4 Å². The molecule has 0 spiro atoms. The first-order valence-electron chi connectivity index (χ1n) is 6.89. The summed E-state index contributed by atoms with van der Waals surface area (Å²) in [5.74, 6) is -0.469. The van der Waals surface area contributed by atoms with Gasteiger partial charge in [-0.2, -0.15) is 0 Å². The summed E-state index contributed by atoms with van der Waals surface area (Å²) in [6, 6.07) is 12.2. The number of benzene rings is 2. The van der Waals surface area contributed by atoms with Crippen LogP contribution in [-0.4, -0.2) is 25.5 Å². The number of amides is 1. The maximum atomic E-state index is 12.6. The van der Waals surface area contributed by atoms with Crippen LogP contribution in [0.3, 0.4) is 0 Å². The van der Waals surface area contributed by atoms with Crippen LogP contribution in [0.15, 0.2) is 42.5 Å². The second kappa shape index (κ2) is 5.81.